The molecule has 4 heterocycles. The first-order chi connectivity index (χ1) is 17.0. The number of benzene rings is 1. The van der Waals surface area contributed by atoms with Crippen molar-refractivity contribution in [2.75, 3.05) is 48.8 Å². The summed E-state index contributed by atoms with van der Waals surface area (Å²) in [6, 6.07) is 8.96. The number of carbonyl (C=O) groups excluding carboxylic acids is 2. The van der Waals surface area contributed by atoms with Crippen LogP contribution in [0, 0.1) is 0 Å². The van der Waals surface area contributed by atoms with Crippen LogP contribution in [-0.4, -0.2) is 70.6 Å². The number of imide groups is 1. The smallest absolute Gasteiger partial charge is 0.254 e. The van der Waals surface area contributed by atoms with Crippen LogP contribution in [-0.2, 0) is 9.59 Å². The highest BCUT2D eigenvalue weighted by molar-refractivity contribution is 6.15. The number of fused-ring (bicyclic) bond motifs is 1. The molecule has 1 aliphatic carbocycles. The maximum atomic E-state index is 12.0. The van der Waals surface area contributed by atoms with Gasteiger partial charge < -0.3 is 20.4 Å². The number of aromatic nitrogens is 3. The normalized spacial score (nSPS) is 20.0. The maximum absolute atomic E-state index is 12.0. The molecule has 3 fully saturated rings. The molecule has 1 saturated carbocycles. The second-order valence-corrected chi connectivity index (χ2v) is 9.51. The average Bonchev–Trinajstić information content (AvgIpc) is 3.48. The Labute approximate surface area is 203 Å². The summed E-state index contributed by atoms with van der Waals surface area (Å²) in [5.74, 6) is 0.0291. The Bertz CT molecular complexity index is 1330. The fourth-order valence-electron chi connectivity index (χ4n) is 4.49. The van der Waals surface area contributed by atoms with Crippen molar-refractivity contribution in [3.05, 3.63) is 47.8 Å². The molecule has 0 bridgehead atoms. The fraction of sp³-hybridized carbons (Fsp3) is 0.360. The van der Waals surface area contributed by atoms with Crippen LogP contribution < -0.4 is 20.9 Å². The van der Waals surface area contributed by atoms with Crippen LogP contribution in [0.15, 0.2) is 42.2 Å². The van der Waals surface area contributed by atoms with Crippen molar-refractivity contribution in [2.24, 2.45) is 0 Å². The largest absolute Gasteiger partial charge is 0.382 e. The van der Waals surface area contributed by atoms with Crippen molar-refractivity contribution in [1.82, 2.24) is 24.8 Å². The van der Waals surface area contributed by atoms with E-state index in [-0.39, 0.29) is 18.2 Å². The highest BCUT2D eigenvalue weighted by Crippen LogP contribution is 2.32. The lowest BCUT2D eigenvalue weighted by Gasteiger charge is -2.34. The van der Waals surface area contributed by atoms with Crippen LogP contribution in [0.25, 0.3) is 11.7 Å². The van der Waals surface area contributed by atoms with Crippen LogP contribution in [0.3, 0.4) is 0 Å². The number of likely N-dealkylation sites (N-methyl/N-ethyl adjacent to an activating group) is 1. The van der Waals surface area contributed by atoms with Gasteiger partial charge in [0.15, 0.2) is 5.65 Å². The highest BCUT2D eigenvalue weighted by Gasteiger charge is 2.24. The van der Waals surface area contributed by atoms with Crippen LogP contribution in [0.5, 0.6) is 0 Å². The van der Waals surface area contributed by atoms with E-state index >= 15 is 0 Å². The average molecular weight is 473 g/mol. The second kappa shape index (κ2) is 8.70. The van der Waals surface area contributed by atoms with E-state index in [1.54, 1.807) is 16.8 Å². The molecule has 3 aromatic rings. The summed E-state index contributed by atoms with van der Waals surface area (Å²) < 4.78 is 1.66. The number of anilines is 4. The Morgan fingerprint density at radius 2 is 1.89 bits per heavy atom. The monoisotopic (exact) mass is 472 g/mol. The SMILES string of the molecule is CN1CCN(c2cc(Nc3ccn4ncc(/C=C5/CC(=O)NC5=O)c4n3)cc(NC3CC3)c2)CC1. The van der Waals surface area contributed by atoms with Crippen LogP contribution in [0.2, 0.25) is 0 Å². The summed E-state index contributed by atoms with van der Waals surface area (Å²) in [5, 5.41) is 13.7. The van der Waals surface area contributed by atoms with Crippen molar-refractivity contribution < 1.29 is 9.59 Å². The molecule has 3 N–H and O–H groups in total. The Kier molecular flexibility index (Phi) is 5.37. The molecule has 2 aromatic heterocycles. The number of piperazine rings is 1. The summed E-state index contributed by atoms with van der Waals surface area (Å²) >= 11 is 0. The zero-order chi connectivity index (χ0) is 23.9. The molecule has 0 unspecified atom stereocenters. The highest BCUT2D eigenvalue weighted by atomic mass is 16.2. The number of carbonyl (C=O) groups is 2. The van der Waals surface area contributed by atoms with Gasteiger partial charge in [-0.2, -0.15) is 5.10 Å². The molecular weight excluding hydrogens is 444 g/mol. The van der Waals surface area contributed by atoms with Crippen molar-refractivity contribution in [1.29, 1.82) is 0 Å². The molecule has 0 radical (unpaired) electrons. The topological polar surface area (TPSA) is 107 Å². The standard InChI is InChI=1S/C25H28N8O2/c1-31-6-8-32(9-7-31)21-13-19(27-18-2-3-18)12-20(14-21)28-22-4-5-33-24(29-22)17(15-26-33)10-16-11-23(34)30-25(16)35/h4-5,10,12-15,18,27H,2-3,6-9,11H2,1H3,(H,28,29)(H,30,34,35)/b16-10-. The molecule has 6 rings (SSSR count). The van der Waals surface area contributed by atoms with Gasteiger partial charge in [-0.05, 0) is 50.2 Å². The predicted molar refractivity (Wildman–Crippen MR) is 135 cm³/mol. The van der Waals surface area contributed by atoms with E-state index in [1.165, 1.54) is 18.5 Å². The van der Waals surface area contributed by atoms with Crippen molar-refractivity contribution in [3.8, 4) is 0 Å². The van der Waals surface area contributed by atoms with Gasteiger partial charge in [-0.1, -0.05) is 0 Å². The van der Waals surface area contributed by atoms with Crippen LogP contribution in [0.1, 0.15) is 24.8 Å². The minimum absolute atomic E-state index is 0.0734. The van der Waals surface area contributed by atoms with Crippen LogP contribution in [0.4, 0.5) is 22.9 Å². The number of nitrogens with one attached hydrogen (secondary N) is 3. The molecule has 10 nitrogen and oxygen atoms in total. The first-order valence-electron chi connectivity index (χ1n) is 12.0. The van der Waals surface area contributed by atoms with Gasteiger partial charge in [0.05, 0.1) is 12.6 Å². The van der Waals surface area contributed by atoms with E-state index in [0.717, 1.165) is 37.6 Å². The summed E-state index contributed by atoms with van der Waals surface area (Å²) in [5.41, 5.74) is 4.98. The lowest BCUT2D eigenvalue weighted by Crippen LogP contribution is -2.44. The van der Waals surface area contributed by atoms with Crippen molar-refractivity contribution in [3.63, 3.8) is 0 Å². The third-order valence-corrected chi connectivity index (χ3v) is 6.63. The van der Waals surface area contributed by atoms with Gasteiger partial charge in [-0.15, -0.1) is 0 Å². The van der Waals surface area contributed by atoms with E-state index in [0.29, 0.717) is 28.6 Å². The van der Waals surface area contributed by atoms with E-state index in [2.05, 4.69) is 56.1 Å². The van der Waals surface area contributed by atoms with Crippen LogP contribution >= 0.6 is 0 Å². The summed E-state index contributed by atoms with van der Waals surface area (Å²) in [4.78, 5) is 33.1. The van der Waals surface area contributed by atoms with Gasteiger partial charge in [-0.3, -0.25) is 14.9 Å². The molecule has 0 spiro atoms. The minimum atomic E-state index is -0.361. The summed E-state index contributed by atoms with van der Waals surface area (Å²) in [6.45, 7) is 4.09. The number of hydrogen-bond acceptors (Lipinski definition) is 8. The molecule has 180 valence electrons. The zero-order valence-electron chi connectivity index (χ0n) is 19.6. The number of nitrogens with zero attached hydrogens (tertiary/aromatic N) is 5. The quantitative estimate of drug-likeness (QED) is 0.370. The second-order valence-electron chi connectivity index (χ2n) is 9.51. The zero-order valence-corrected chi connectivity index (χ0v) is 19.6. The predicted octanol–water partition coefficient (Wildman–Crippen LogP) is 2.23. The third-order valence-electron chi connectivity index (χ3n) is 6.63. The van der Waals surface area contributed by atoms with Gasteiger partial charge in [0.2, 0.25) is 5.91 Å². The molecule has 2 saturated heterocycles. The molecule has 2 aliphatic heterocycles. The Hall–Kier alpha value is -3.92. The van der Waals surface area contributed by atoms with E-state index in [1.807, 2.05) is 12.3 Å². The lowest BCUT2D eigenvalue weighted by molar-refractivity contribution is -0.124. The van der Waals surface area contributed by atoms with Gasteiger partial charge in [0.25, 0.3) is 5.91 Å². The first kappa shape index (κ1) is 21.6. The molecule has 3 aliphatic rings. The first-order valence-corrected chi connectivity index (χ1v) is 12.0. The van der Waals surface area contributed by atoms with Crippen molar-refractivity contribution >= 4 is 46.4 Å². The number of rotatable bonds is 6. The number of hydrogen-bond donors (Lipinski definition) is 3. The molecule has 10 heteroatoms. The van der Waals surface area contributed by atoms with Gasteiger partial charge >= 0.3 is 0 Å². The minimum Gasteiger partial charge on any atom is -0.382 e. The fourth-order valence-corrected chi connectivity index (χ4v) is 4.49. The Balaban J connectivity index is 1.29. The molecular formula is C25H28N8O2. The molecule has 0 atom stereocenters. The third kappa shape index (κ3) is 4.69. The molecule has 2 amide bonds. The van der Waals surface area contributed by atoms with Gasteiger partial charge in [-0.25, -0.2) is 9.50 Å². The van der Waals surface area contributed by atoms with Gasteiger partial charge in [0, 0.05) is 66.6 Å². The van der Waals surface area contributed by atoms with E-state index in [9.17, 15) is 9.59 Å². The number of amides is 2. The maximum Gasteiger partial charge on any atom is 0.254 e. The van der Waals surface area contributed by atoms with E-state index in [4.69, 9.17) is 4.98 Å². The Morgan fingerprint density at radius 3 is 2.63 bits per heavy atom. The Morgan fingerprint density at radius 1 is 1.09 bits per heavy atom. The van der Waals surface area contributed by atoms with E-state index < -0.39 is 0 Å². The lowest BCUT2D eigenvalue weighted by atomic mass is 10.1. The van der Waals surface area contributed by atoms with Crippen molar-refractivity contribution in [2.45, 2.75) is 25.3 Å². The summed E-state index contributed by atoms with van der Waals surface area (Å²) in [7, 11) is 2.16. The molecule has 1 aromatic carbocycles. The summed E-state index contributed by atoms with van der Waals surface area (Å²) in [6.07, 6.45) is 7.67. The molecule has 35 heavy (non-hydrogen) atoms. The van der Waals surface area contributed by atoms with Gasteiger partial charge in [0.1, 0.15) is 5.82 Å².